The topological polar surface area (TPSA) is 61.7 Å². The van der Waals surface area contributed by atoms with Crippen LogP contribution >= 0.6 is 0 Å². The Kier molecular flexibility index (Phi) is 3.79. The molecule has 13 heavy (non-hydrogen) atoms. The van der Waals surface area contributed by atoms with E-state index in [0.717, 1.165) is 12.1 Å². The molecule has 1 unspecified atom stereocenters. The molecule has 4 heteroatoms. The lowest BCUT2D eigenvalue weighted by Gasteiger charge is -2.16. The number of hydrogen-bond acceptors (Lipinski definition) is 4. The molecule has 0 saturated heterocycles. The molecular weight excluding hydrogens is 170 g/mol. The van der Waals surface area contributed by atoms with Crippen molar-refractivity contribution in [2.24, 2.45) is 0 Å². The number of dihydropyridines is 1. The molecule has 0 saturated carbocycles. The molecule has 0 bridgehead atoms. The largest absolute Gasteiger partial charge is 0.476 e. The molecule has 0 radical (unpaired) electrons. The van der Waals surface area contributed by atoms with Crippen LogP contribution in [0.2, 0.25) is 0 Å². The van der Waals surface area contributed by atoms with Gasteiger partial charge in [0.2, 0.25) is 0 Å². The van der Waals surface area contributed by atoms with Crippen LogP contribution < -0.4 is 5.32 Å². The average molecular weight is 185 g/mol. The second kappa shape index (κ2) is 4.89. The van der Waals surface area contributed by atoms with Crippen LogP contribution in [-0.2, 0) is 4.74 Å². The van der Waals surface area contributed by atoms with Crippen molar-refractivity contribution >= 4 is 0 Å². The molecule has 0 amide bonds. The summed E-state index contributed by atoms with van der Waals surface area (Å²) in [7, 11) is 0. The number of rotatable bonds is 4. The maximum Gasteiger partial charge on any atom is 0.187 e. The van der Waals surface area contributed by atoms with Gasteiger partial charge in [-0.05, 0) is 12.5 Å². The van der Waals surface area contributed by atoms with Crippen molar-refractivity contribution in [1.29, 1.82) is 0 Å². The van der Waals surface area contributed by atoms with E-state index in [0.29, 0.717) is 5.88 Å². The van der Waals surface area contributed by atoms with Crippen LogP contribution in [0.5, 0.6) is 0 Å². The molecule has 0 aromatic rings. The van der Waals surface area contributed by atoms with Gasteiger partial charge in [0.15, 0.2) is 5.88 Å². The molecule has 3 N–H and O–H groups in total. The molecule has 1 aliphatic rings. The van der Waals surface area contributed by atoms with Gasteiger partial charge in [0, 0.05) is 12.6 Å². The van der Waals surface area contributed by atoms with Crippen molar-refractivity contribution in [3.8, 4) is 0 Å². The van der Waals surface area contributed by atoms with Crippen molar-refractivity contribution in [3.05, 3.63) is 23.6 Å². The fraction of sp³-hybridized carbons (Fsp3) is 0.556. The highest BCUT2D eigenvalue weighted by molar-refractivity contribution is 5.22. The highest BCUT2D eigenvalue weighted by Gasteiger charge is 2.06. The fourth-order valence-electron chi connectivity index (χ4n) is 0.961. The maximum absolute atomic E-state index is 9.01. The first-order chi connectivity index (χ1) is 6.22. The third kappa shape index (κ3) is 3.48. The Morgan fingerprint density at radius 3 is 3.08 bits per heavy atom. The molecule has 74 valence electrons. The molecule has 4 nitrogen and oxygen atoms in total. The lowest BCUT2D eigenvalue weighted by molar-refractivity contribution is 0.0260. The summed E-state index contributed by atoms with van der Waals surface area (Å²) in [4.78, 5) is 0. The van der Waals surface area contributed by atoms with Crippen LogP contribution in [-0.4, -0.2) is 36.1 Å². The van der Waals surface area contributed by atoms with Gasteiger partial charge in [0.05, 0.1) is 6.61 Å². The molecule has 0 spiro atoms. The van der Waals surface area contributed by atoms with Crippen LogP contribution in [0.3, 0.4) is 0 Å². The smallest absolute Gasteiger partial charge is 0.187 e. The summed E-state index contributed by atoms with van der Waals surface area (Å²) in [6, 6.07) is 0. The van der Waals surface area contributed by atoms with Crippen molar-refractivity contribution in [1.82, 2.24) is 5.32 Å². The molecule has 0 fully saturated rings. The normalized spacial score (nSPS) is 18.4. The van der Waals surface area contributed by atoms with Crippen LogP contribution in [0.25, 0.3) is 0 Å². The van der Waals surface area contributed by atoms with Gasteiger partial charge < -0.3 is 20.3 Å². The Labute approximate surface area is 77.5 Å². The molecular formula is C9H15NO3. The van der Waals surface area contributed by atoms with Crippen molar-refractivity contribution in [2.75, 3.05) is 19.8 Å². The van der Waals surface area contributed by atoms with E-state index in [1.54, 1.807) is 0 Å². The highest BCUT2D eigenvalue weighted by Crippen LogP contribution is 2.06. The van der Waals surface area contributed by atoms with E-state index in [9.17, 15) is 0 Å². The highest BCUT2D eigenvalue weighted by atomic mass is 16.5. The zero-order valence-corrected chi connectivity index (χ0v) is 7.66. The first-order valence-electron chi connectivity index (χ1n) is 4.26. The minimum Gasteiger partial charge on any atom is -0.476 e. The van der Waals surface area contributed by atoms with Crippen molar-refractivity contribution in [2.45, 2.75) is 13.0 Å². The Morgan fingerprint density at radius 2 is 2.46 bits per heavy atom. The van der Waals surface area contributed by atoms with Gasteiger partial charge in [-0.2, -0.15) is 0 Å². The van der Waals surface area contributed by atoms with E-state index < -0.39 is 6.10 Å². The van der Waals surface area contributed by atoms with Gasteiger partial charge in [0.1, 0.15) is 12.7 Å². The molecule has 1 heterocycles. The summed E-state index contributed by atoms with van der Waals surface area (Å²) in [5.41, 5.74) is 1.13. The zero-order chi connectivity index (χ0) is 9.68. The van der Waals surface area contributed by atoms with Gasteiger partial charge in [0.25, 0.3) is 0 Å². The summed E-state index contributed by atoms with van der Waals surface area (Å²) >= 11 is 0. The summed E-state index contributed by atoms with van der Waals surface area (Å²) < 4.78 is 5.21. The summed E-state index contributed by atoms with van der Waals surface area (Å²) in [5, 5.41) is 20.5. The van der Waals surface area contributed by atoms with E-state index in [4.69, 9.17) is 14.9 Å². The van der Waals surface area contributed by atoms with E-state index in [1.807, 2.05) is 19.1 Å². The number of allylic oxidation sites excluding steroid dienone is 2. The van der Waals surface area contributed by atoms with E-state index in [2.05, 4.69) is 5.32 Å². The van der Waals surface area contributed by atoms with Crippen molar-refractivity contribution in [3.63, 3.8) is 0 Å². The molecule has 1 rings (SSSR count). The second-order valence-corrected chi connectivity index (χ2v) is 2.99. The van der Waals surface area contributed by atoms with Crippen LogP contribution in [0.1, 0.15) is 6.92 Å². The second-order valence-electron chi connectivity index (χ2n) is 2.99. The monoisotopic (exact) mass is 185 g/mol. The van der Waals surface area contributed by atoms with Crippen molar-refractivity contribution < 1.29 is 14.9 Å². The number of aliphatic hydroxyl groups is 2. The van der Waals surface area contributed by atoms with Gasteiger partial charge in [-0.3, -0.25) is 0 Å². The summed E-state index contributed by atoms with van der Waals surface area (Å²) in [5.74, 6) is 0.646. The third-order valence-electron chi connectivity index (χ3n) is 1.70. The van der Waals surface area contributed by atoms with Crippen LogP contribution in [0, 0.1) is 0 Å². The predicted octanol–water partition coefficient (Wildman–Crippen LogP) is -0.253. The SMILES string of the molecule is CC1=CCNC(OCC(O)CO)=C1. The van der Waals surface area contributed by atoms with E-state index >= 15 is 0 Å². The molecule has 0 aromatic carbocycles. The van der Waals surface area contributed by atoms with Gasteiger partial charge in [-0.25, -0.2) is 0 Å². The quantitative estimate of drug-likeness (QED) is 0.565. The molecule has 1 atom stereocenters. The number of ether oxygens (including phenoxy) is 1. The first-order valence-corrected chi connectivity index (χ1v) is 4.26. The first kappa shape index (κ1) is 10.1. The molecule has 0 aliphatic carbocycles. The standard InChI is InChI=1S/C9H15NO3/c1-7-2-3-10-9(4-7)13-6-8(12)5-11/h2,4,8,10-12H,3,5-6H2,1H3. The Bertz CT molecular complexity index is 223. The van der Waals surface area contributed by atoms with E-state index in [-0.39, 0.29) is 13.2 Å². The van der Waals surface area contributed by atoms with Gasteiger partial charge in [-0.15, -0.1) is 0 Å². The predicted molar refractivity (Wildman–Crippen MR) is 48.9 cm³/mol. The third-order valence-corrected chi connectivity index (χ3v) is 1.70. The summed E-state index contributed by atoms with van der Waals surface area (Å²) in [6.45, 7) is 2.56. The fourth-order valence-corrected chi connectivity index (χ4v) is 0.961. The minimum atomic E-state index is -0.811. The molecule has 0 aromatic heterocycles. The summed E-state index contributed by atoms with van der Waals surface area (Å²) in [6.07, 6.45) is 3.08. The maximum atomic E-state index is 9.01. The van der Waals surface area contributed by atoms with Gasteiger partial charge >= 0.3 is 0 Å². The number of nitrogens with one attached hydrogen (secondary N) is 1. The Morgan fingerprint density at radius 1 is 1.69 bits per heavy atom. The molecule has 1 aliphatic heterocycles. The lowest BCUT2D eigenvalue weighted by atomic mass is 10.2. The zero-order valence-electron chi connectivity index (χ0n) is 7.66. The minimum absolute atomic E-state index is 0.114. The van der Waals surface area contributed by atoms with Gasteiger partial charge in [-0.1, -0.05) is 6.08 Å². The Hall–Kier alpha value is -1.00. The lowest BCUT2D eigenvalue weighted by Crippen LogP contribution is -2.25. The number of aliphatic hydroxyl groups excluding tert-OH is 2. The van der Waals surface area contributed by atoms with Crippen LogP contribution in [0.4, 0.5) is 0 Å². The Balaban J connectivity index is 2.33. The number of hydrogen-bond donors (Lipinski definition) is 3. The average Bonchev–Trinajstić information content (AvgIpc) is 2.14. The van der Waals surface area contributed by atoms with E-state index in [1.165, 1.54) is 0 Å². The van der Waals surface area contributed by atoms with Crippen LogP contribution in [0.15, 0.2) is 23.6 Å².